The molecule has 3 atom stereocenters. The molecule has 0 amide bonds. The molecule has 3 unspecified atom stereocenters. The van der Waals surface area contributed by atoms with Crippen LogP contribution in [0, 0.1) is 17.3 Å². The second-order valence-corrected chi connectivity index (χ2v) is 8.38. The van der Waals surface area contributed by atoms with Crippen LogP contribution < -0.4 is 0 Å². The van der Waals surface area contributed by atoms with Gasteiger partial charge in [0.05, 0.1) is 0 Å². The van der Waals surface area contributed by atoms with E-state index in [4.69, 9.17) is 11.6 Å². The van der Waals surface area contributed by atoms with Crippen molar-refractivity contribution in [2.45, 2.75) is 51.3 Å². The van der Waals surface area contributed by atoms with Gasteiger partial charge in [-0.25, -0.2) is 0 Å². The van der Waals surface area contributed by atoms with E-state index in [2.05, 4.69) is 48.8 Å². The van der Waals surface area contributed by atoms with Crippen molar-refractivity contribution in [1.82, 2.24) is 0 Å². The number of hydrogen-bond donors (Lipinski definition) is 0. The van der Waals surface area contributed by atoms with Gasteiger partial charge in [0.15, 0.2) is 0 Å². The average Bonchev–Trinajstić information content (AvgIpc) is 2.31. The first kappa shape index (κ1) is 15.4. The van der Waals surface area contributed by atoms with Crippen molar-refractivity contribution >= 4 is 27.5 Å². The van der Waals surface area contributed by atoms with E-state index in [1.54, 1.807) is 0 Å². The molecule has 2 heteroatoms. The van der Waals surface area contributed by atoms with Crippen LogP contribution in [0.1, 0.15) is 45.6 Å². The van der Waals surface area contributed by atoms with Crippen molar-refractivity contribution < 1.29 is 0 Å². The van der Waals surface area contributed by atoms with Gasteiger partial charge in [-0.1, -0.05) is 72.9 Å². The maximum atomic E-state index is 6.32. The van der Waals surface area contributed by atoms with Gasteiger partial charge in [0.2, 0.25) is 0 Å². The summed E-state index contributed by atoms with van der Waals surface area (Å²) in [5.41, 5.74) is 1.58. The Morgan fingerprint density at radius 2 is 1.95 bits per heavy atom. The largest absolute Gasteiger partial charge is 0.0887 e. The highest BCUT2D eigenvalue weighted by molar-refractivity contribution is 9.09. The molecule has 0 nitrogen and oxygen atoms in total. The van der Waals surface area contributed by atoms with Crippen LogP contribution in [-0.2, 0) is 6.42 Å². The summed E-state index contributed by atoms with van der Waals surface area (Å²) in [5, 5.41) is 0.908. The molecular formula is C17H24BrCl. The van der Waals surface area contributed by atoms with Crippen molar-refractivity contribution in [3.8, 4) is 0 Å². The third-order valence-electron chi connectivity index (χ3n) is 4.64. The topological polar surface area (TPSA) is 0 Å². The zero-order valence-electron chi connectivity index (χ0n) is 12.1. The fourth-order valence-corrected chi connectivity index (χ4v) is 5.28. The smallest absolute Gasteiger partial charge is 0.0438 e. The van der Waals surface area contributed by atoms with Gasteiger partial charge in [-0.2, -0.15) is 0 Å². The molecule has 106 valence electrons. The lowest BCUT2D eigenvalue weighted by atomic mass is 9.66. The Balaban J connectivity index is 2.12. The molecule has 1 saturated carbocycles. The maximum Gasteiger partial charge on any atom is 0.0438 e. The van der Waals surface area contributed by atoms with Crippen LogP contribution in [0.15, 0.2) is 24.3 Å². The van der Waals surface area contributed by atoms with E-state index in [1.807, 2.05) is 12.1 Å². The summed E-state index contributed by atoms with van der Waals surface area (Å²) in [6.45, 7) is 7.15. The first-order valence-corrected chi connectivity index (χ1v) is 8.57. The Morgan fingerprint density at radius 1 is 1.26 bits per heavy atom. The second-order valence-electron chi connectivity index (χ2n) is 6.80. The lowest BCUT2D eigenvalue weighted by molar-refractivity contribution is 0.147. The molecule has 0 aromatic heterocycles. The third kappa shape index (κ3) is 3.76. The second kappa shape index (κ2) is 6.18. The van der Waals surface area contributed by atoms with Gasteiger partial charge >= 0.3 is 0 Å². The van der Waals surface area contributed by atoms with Crippen LogP contribution >= 0.6 is 27.5 Å². The summed E-state index contributed by atoms with van der Waals surface area (Å²) in [6, 6.07) is 8.26. The predicted molar refractivity (Wildman–Crippen MR) is 88.2 cm³/mol. The molecule has 2 rings (SSSR count). The number of rotatable bonds is 3. The van der Waals surface area contributed by atoms with E-state index < -0.39 is 0 Å². The lowest BCUT2D eigenvalue weighted by Gasteiger charge is -2.42. The average molecular weight is 344 g/mol. The molecular weight excluding hydrogens is 320 g/mol. The normalized spacial score (nSPS) is 28.4. The Bertz CT molecular complexity index is 427. The molecule has 1 aromatic carbocycles. The van der Waals surface area contributed by atoms with E-state index in [-0.39, 0.29) is 0 Å². The van der Waals surface area contributed by atoms with Crippen LogP contribution in [0.5, 0.6) is 0 Å². The monoisotopic (exact) mass is 342 g/mol. The molecule has 1 aliphatic carbocycles. The van der Waals surface area contributed by atoms with Gasteiger partial charge in [-0.15, -0.1) is 0 Å². The van der Waals surface area contributed by atoms with Crippen LogP contribution in [0.4, 0.5) is 0 Å². The summed E-state index contributed by atoms with van der Waals surface area (Å²) in [6.07, 6.45) is 5.05. The minimum Gasteiger partial charge on any atom is -0.0887 e. The molecule has 1 aromatic rings. The third-order valence-corrected chi connectivity index (χ3v) is 6.02. The zero-order chi connectivity index (χ0) is 14.0. The fraction of sp³-hybridized carbons (Fsp3) is 0.647. The molecule has 0 aliphatic heterocycles. The Hall–Kier alpha value is -0.0100. The van der Waals surface area contributed by atoms with Crippen molar-refractivity contribution in [3.05, 3.63) is 34.9 Å². The maximum absolute atomic E-state index is 6.32. The molecule has 19 heavy (non-hydrogen) atoms. The number of hydrogen-bond acceptors (Lipinski definition) is 0. The van der Waals surface area contributed by atoms with E-state index in [1.165, 1.54) is 24.8 Å². The first-order chi connectivity index (χ1) is 8.90. The molecule has 1 fully saturated rings. The highest BCUT2D eigenvalue weighted by atomic mass is 79.9. The van der Waals surface area contributed by atoms with Gasteiger partial charge in [-0.05, 0) is 48.1 Å². The molecule has 0 bridgehead atoms. The van der Waals surface area contributed by atoms with Crippen LogP contribution in [0.2, 0.25) is 5.02 Å². The minimum atomic E-state index is 0.291. The quantitative estimate of drug-likeness (QED) is 0.581. The number of alkyl halides is 1. The van der Waals surface area contributed by atoms with Crippen LogP contribution in [0.3, 0.4) is 0 Å². The van der Waals surface area contributed by atoms with E-state index in [0.29, 0.717) is 10.2 Å². The van der Waals surface area contributed by atoms with Crippen molar-refractivity contribution in [1.29, 1.82) is 0 Å². The summed E-state index contributed by atoms with van der Waals surface area (Å²) >= 11 is 10.2. The van der Waals surface area contributed by atoms with Crippen LogP contribution in [0.25, 0.3) is 0 Å². The molecule has 0 saturated heterocycles. The summed E-state index contributed by atoms with van der Waals surface area (Å²) < 4.78 is 0. The highest BCUT2D eigenvalue weighted by Crippen LogP contribution is 2.45. The van der Waals surface area contributed by atoms with Gasteiger partial charge in [-0.3, -0.25) is 0 Å². The van der Waals surface area contributed by atoms with Crippen molar-refractivity contribution in [2.75, 3.05) is 0 Å². The Morgan fingerprint density at radius 3 is 2.58 bits per heavy atom. The standard InChI is InChI=1S/C17H24BrCl/c1-12-8-9-14(15(18)10-12)17(2,3)11-13-6-4-5-7-16(13)19/h4-7,12,14-15H,8-11H2,1-3H3. The van der Waals surface area contributed by atoms with Crippen LogP contribution in [-0.4, -0.2) is 4.83 Å². The van der Waals surface area contributed by atoms with Crippen molar-refractivity contribution in [3.63, 3.8) is 0 Å². The fourth-order valence-electron chi connectivity index (χ4n) is 3.46. The van der Waals surface area contributed by atoms with Gasteiger partial charge < -0.3 is 0 Å². The predicted octanol–water partition coefficient (Wildman–Crippen LogP) is 6.11. The lowest BCUT2D eigenvalue weighted by Crippen LogP contribution is -2.37. The SMILES string of the molecule is CC1CCC(C(C)(C)Cc2ccccc2Cl)C(Br)C1. The number of halogens is 2. The summed E-state index contributed by atoms with van der Waals surface area (Å²) in [4.78, 5) is 0.647. The molecule has 0 radical (unpaired) electrons. The van der Waals surface area contributed by atoms with Gasteiger partial charge in [0.25, 0.3) is 0 Å². The summed E-state index contributed by atoms with van der Waals surface area (Å²) in [5.74, 6) is 1.59. The summed E-state index contributed by atoms with van der Waals surface area (Å²) in [7, 11) is 0. The Kier molecular flexibility index (Phi) is 5.00. The zero-order valence-corrected chi connectivity index (χ0v) is 14.5. The molecule has 1 aliphatic rings. The van der Waals surface area contributed by atoms with Crippen molar-refractivity contribution in [2.24, 2.45) is 17.3 Å². The first-order valence-electron chi connectivity index (χ1n) is 7.27. The van der Waals surface area contributed by atoms with E-state index in [0.717, 1.165) is 23.3 Å². The molecule has 0 N–H and O–H groups in total. The van der Waals surface area contributed by atoms with Gasteiger partial charge in [0, 0.05) is 9.85 Å². The molecule has 0 heterocycles. The van der Waals surface area contributed by atoms with Gasteiger partial charge in [0.1, 0.15) is 0 Å². The Labute approximate surface area is 131 Å². The highest BCUT2D eigenvalue weighted by Gasteiger charge is 2.37. The van der Waals surface area contributed by atoms with E-state index >= 15 is 0 Å². The molecule has 0 spiro atoms. The number of benzene rings is 1. The minimum absolute atomic E-state index is 0.291. The van der Waals surface area contributed by atoms with E-state index in [9.17, 15) is 0 Å².